The van der Waals surface area contributed by atoms with Crippen LogP contribution in [0.2, 0.25) is 0 Å². The normalized spacial score (nSPS) is 13.8. The quantitative estimate of drug-likeness (QED) is 0.404. The molecule has 0 saturated carbocycles. The third-order valence-electron chi connectivity index (χ3n) is 1.10. The number of aromatic nitrogens is 3. The molecule has 1 aliphatic rings. The molecular weight excluding hydrogens is 132 g/mol. The first kappa shape index (κ1) is 5.16. The van der Waals surface area contributed by atoms with Gasteiger partial charge in [0.2, 0.25) is 0 Å². The van der Waals surface area contributed by atoms with Gasteiger partial charge in [-0.05, 0) is 0 Å². The van der Waals surface area contributed by atoms with Crippen molar-refractivity contribution in [1.29, 1.82) is 0 Å². The van der Waals surface area contributed by atoms with E-state index >= 15 is 0 Å². The minimum Gasteiger partial charge on any atom is -0.267 e. The molecule has 0 aliphatic carbocycles. The highest BCUT2D eigenvalue weighted by molar-refractivity contribution is 6.05. The molecule has 5 heteroatoms. The lowest BCUT2D eigenvalue weighted by atomic mass is 10.5. The topological polar surface area (TPSA) is 68.1 Å². The SMILES string of the molecule is O=C1C=c2nncnc2=N1. The van der Waals surface area contributed by atoms with E-state index in [1.165, 1.54) is 12.4 Å². The lowest BCUT2D eigenvalue weighted by Gasteiger charge is -1.75. The van der Waals surface area contributed by atoms with Crippen molar-refractivity contribution in [3.05, 3.63) is 17.2 Å². The molecule has 5 nitrogen and oxygen atoms in total. The zero-order valence-corrected chi connectivity index (χ0v) is 4.85. The van der Waals surface area contributed by atoms with E-state index in [1.54, 1.807) is 0 Å². The molecule has 0 saturated heterocycles. The van der Waals surface area contributed by atoms with Crippen LogP contribution in [0, 0.1) is 0 Å². The zero-order chi connectivity index (χ0) is 6.97. The first-order valence-corrected chi connectivity index (χ1v) is 2.64. The smallest absolute Gasteiger partial charge is 0.267 e. The molecule has 2 heterocycles. The van der Waals surface area contributed by atoms with Crippen molar-refractivity contribution in [2.45, 2.75) is 0 Å². The highest BCUT2D eigenvalue weighted by atomic mass is 16.1. The van der Waals surface area contributed by atoms with E-state index in [-0.39, 0.29) is 5.91 Å². The number of carbonyl (C=O) groups excluding carboxylic acids is 1. The predicted molar refractivity (Wildman–Crippen MR) is 30.1 cm³/mol. The Kier molecular flexibility index (Phi) is 0.858. The van der Waals surface area contributed by atoms with Crippen LogP contribution in [0.15, 0.2) is 11.3 Å². The van der Waals surface area contributed by atoms with E-state index in [1.807, 2.05) is 0 Å². The minimum atomic E-state index is -0.317. The molecule has 10 heavy (non-hydrogen) atoms. The number of nitrogens with zero attached hydrogens (tertiary/aromatic N) is 4. The van der Waals surface area contributed by atoms with Gasteiger partial charge in [-0.2, -0.15) is 4.99 Å². The fourth-order valence-electron chi connectivity index (χ4n) is 0.713. The summed E-state index contributed by atoms with van der Waals surface area (Å²) in [5.74, 6) is -0.317. The Morgan fingerprint density at radius 2 is 2.30 bits per heavy atom. The molecule has 1 aliphatic heterocycles. The van der Waals surface area contributed by atoms with Gasteiger partial charge in [0.05, 0.1) is 0 Å². The van der Waals surface area contributed by atoms with Crippen LogP contribution in [0.5, 0.6) is 0 Å². The molecule has 48 valence electrons. The summed E-state index contributed by atoms with van der Waals surface area (Å²) >= 11 is 0. The lowest BCUT2D eigenvalue weighted by Crippen LogP contribution is -2.29. The Labute approximate surface area is 55.2 Å². The van der Waals surface area contributed by atoms with Gasteiger partial charge in [0, 0.05) is 6.08 Å². The first-order chi connectivity index (χ1) is 4.86. The molecule has 0 fully saturated rings. The summed E-state index contributed by atoms with van der Waals surface area (Å²) in [4.78, 5) is 17.8. The number of rotatable bonds is 0. The van der Waals surface area contributed by atoms with Gasteiger partial charge in [-0.25, -0.2) is 4.98 Å². The summed E-state index contributed by atoms with van der Waals surface area (Å²) < 4.78 is 0. The Morgan fingerprint density at radius 3 is 3.10 bits per heavy atom. The number of fused-ring (bicyclic) bond motifs is 1. The number of amides is 1. The molecule has 0 radical (unpaired) electrons. The van der Waals surface area contributed by atoms with E-state index in [4.69, 9.17) is 0 Å². The van der Waals surface area contributed by atoms with Crippen molar-refractivity contribution in [1.82, 2.24) is 15.2 Å². The van der Waals surface area contributed by atoms with Crippen molar-refractivity contribution in [3.63, 3.8) is 0 Å². The Hall–Kier alpha value is -1.65. The lowest BCUT2D eigenvalue weighted by molar-refractivity contribution is -0.112. The summed E-state index contributed by atoms with van der Waals surface area (Å²) in [5.41, 5.74) is 0.361. The van der Waals surface area contributed by atoms with Crippen LogP contribution < -0.4 is 10.8 Å². The zero-order valence-electron chi connectivity index (χ0n) is 4.85. The van der Waals surface area contributed by atoms with Crippen LogP contribution in [0.25, 0.3) is 6.08 Å². The molecule has 0 aromatic carbocycles. The fraction of sp³-hybridized carbons (Fsp3) is 0. The number of hydrogen-bond acceptors (Lipinski definition) is 4. The standard InChI is InChI=1S/C5H2N4O/c10-4-1-3-5(8-4)6-2-7-9-3/h1-2H. The van der Waals surface area contributed by atoms with Gasteiger partial charge in [0.1, 0.15) is 11.7 Å². The average Bonchev–Trinajstić information content (AvgIpc) is 2.27. The molecule has 0 atom stereocenters. The van der Waals surface area contributed by atoms with Gasteiger partial charge in [-0.1, -0.05) is 0 Å². The van der Waals surface area contributed by atoms with Crippen molar-refractivity contribution >= 4 is 12.0 Å². The maximum atomic E-state index is 10.6. The molecule has 1 aromatic heterocycles. The monoisotopic (exact) mass is 134 g/mol. The summed E-state index contributed by atoms with van der Waals surface area (Å²) in [7, 11) is 0. The molecule has 1 amide bonds. The highest BCUT2D eigenvalue weighted by Crippen LogP contribution is 1.75. The molecule has 1 aromatic rings. The second-order valence-corrected chi connectivity index (χ2v) is 1.76. The van der Waals surface area contributed by atoms with Crippen LogP contribution in [0.4, 0.5) is 0 Å². The summed E-state index contributed by atoms with van der Waals surface area (Å²) in [6, 6.07) is 0. The van der Waals surface area contributed by atoms with Crippen LogP contribution in [-0.4, -0.2) is 21.1 Å². The van der Waals surface area contributed by atoms with Gasteiger partial charge in [-0.15, -0.1) is 10.2 Å². The van der Waals surface area contributed by atoms with E-state index in [0.29, 0.717) is 10.8 Å². The van der Waals surface area contributed by atoms with Crippen LogP contribution >= 0.6 is 0 Å². The van der Waals surface area contributed by atoms with Gasteiger partial charge >= 0.3 is 0 Å². The average molecular weight is 134 g/mol. The first-order valence-electron chi connectivity index (χ1n) is 2.64. The number of hydrogen-bond donors (Lipinski definition) is 0. The minimum absolute atomic E-state index is 0.317. The molecule has 2 rings (SSSR count). The maximum Gasteiger partial charge on any atom is 0.274 e. The number of carbonyl (C=O) groups is 1. The Balaban J connectivity index is 2.96. The van der Waals surface area contributed by atoms with Crippen molar-refractivity contribution in [2.24, 2.45) is 4.99 Å². The Bertz CT molecular complexity index is 359. The van der Waals surface area contributed by atoms with Gasteiger partial charge in [-0.3, -0.25) is 4.79 Å². The van der Waals surface area contributed by atoms with Gasteiger partial charge in [0.25, 0.3) is 5.91 Å². The summed E-state index contributed by atoms with van der Waals surface area (Å²) in [5, 5.41) is 7.56. The van der Waals surface area contributed by atoms with E-state index in [2.05, 4.69) is 20.2 Å². The van der Waals surface area contributed by atoms with Crippen molar-refractivity contribution in [2.75, 3.05) is 0 Å². The van der Waals surface area contributed by atoms with Gasteiger partial charge in [0.15, 0.2) is 5.49 Å². The summed E-state index contributed by atoms with van der Waals surface area (Å²) in [6.45, 7) is 0. The third kappa shape index (κ3) is 0.604. The predicted octanol–water partition coefficient (Wildman–Crippen LogP) is -2.19. The van der Waals surface area contributed by atoms with Crippen molar-refractivity contribution in [3.8, 4) is 0 Å². The molecule has 0 spiro atoms. The highest BCUT2D eigenvalue weighted by Gasteiger charge is 2.03. The van der Waals surface area contributed by atoms with Gasteiger partial charge < -0.3 is 0 Å². The second-order valence-electron chi connectivity index (χ2n) is 1.76. The van der Waals surface area contributed by atoms with Crippen LogP contribution in [0.1, 0.15) is 0 Å². The molecule has 0 bridgehead atoms. The van der Waals surface area contributed by atoms with Crippen LogP contribution in [-0.2, 0) is 4.79 Å². The molecule has 0 unspecified atom stereocenters. The fourth-order valence-corrected chi connectivity index (χ4v) is 0.713. The van der Waals surface area contributed by atoms with E-state index < -0.39 is 0 Å². The molecule has 0 N–H and O–H groups in total. The second kappa shape index (κ2) is 1.66. The third-order valence-corrected chi connectivity index (χ3v) is 1.10. The van der Waals surface area contributed by atoms with E-state index in [9.17, 15) is 4.79 Å². The largest absolute Gasteiger partial charge is 0.274 e. The summed E-state index contributed by atoms with van der Waals surface area (Å²) in [6.07, 6.45) is 2.56. The van der Waals surface area contributed by atoms with Crippen LogP contribution in [0.3, 0.4) is 0 Å². The Morgan fingerprint density at radius 1 is 1.40 bits per heavy atom. The van der Waals surface area contributed by atoms with Crippen molar-refractivity contribution < 1.29 is 4.79 Å². The van der Waals surface area contributed by atoms with E-state index in [0.717, 1.165) is 0 Å². The molecular formula is C5H2N4O. The maximum absolute atomic E-state index is 10.6.